The fraction of sp³-hybridized carbons (Fsp3) is 0.591. The summed E-state index contributed by atoms with van der Waals surface area (Å²) >= 11 is 4.00. The first-order valence-corrected chi connectivity index (χ1v) is 14.1. The van der Waals surface area contributed by atoms with Crippen molar-refractivity contribution < 1.29 is 19.1 Å². The van der Waals surface area contributed by atoms with Crippen LogP contribution in [0.25, 0.3) is 0 Å². The van der Waals surface area contributed by atoms with Crippen molar-refractivity contribution in [2.45, 2.75) is 69.1 Å². The van der Waals surface area contributed by atoms with Crippen LogP contribution in [-0.4, -0.2) is 40.3 Å². The fourth-order valence-electron chi connectivity index (χ4n) is 4.25. The number of amides is 2. The maximum atomic E-state index is 12.6. The van der Waals surface area contributed by atoms with Gasteiger partial charge in [0, 0.05) is 10.8 Å². The molecule has 8 nitrogen and oxygen atoms in total. The molecule has 33 heavy (non-hydrogen) atoms. The standard InChI is InChI=1S/C22H28N4O4S3/c1-2-30-20(29)17-14-10-6-7-11-15(14)32-19(17)23-16(27)12-31-22-26-25-21(33-22)24-18(28)13-8-4-3-5-9-13/h13H,2-12H2,1H3,(H,23,27)(H,24,25,28). The van der Waals surface area contributed by atoms with E-state index in [0.717, 1.165) is 61.8 Å². The van der Waals surface area contributed by atoms with Gasteiger partial charge in [0.2, 0.25) is 16.9 Å². The molecule has 0 bridgehead atoms. The molecular weight excluding hydrogens is 480 g/mol. The molecule has 1 saturated carbocycles. The molecule has 0 spiro atoms. The average Bonchev–Trinajstić information content (AvgIpc) is 3.42. The number of carbonyl (C=O) groups excluding carboxylic acids is 3. The Bertz CT molecular complexity index is 1010. The van der Waals surface area contributed by atoms with Gasteiger partial charge in [-0.1, -0.05) is 42.4 Å². The zero-order valence-corrected chi connectivity index (χ0v) is 21.1. The van der Waals surface area contributed by atoms with Gasteiger partial charge in [-0.25, -0.2) is 4.79 Å². The van der Waals surface area contributed by atoms with Gasteiger partial charge in [-0.05, 0) is 51.0 Å². The number of carbonyl (C=O) groups is 3. The number of esters is 1. The number of fused-ring (bicyclic) bond motifs is 1. The van der Waals surface area contributed by atoms with E-state index in [4.69, 9.17) is 4.74 Å². The molecule has 2 aliphatic rings. The molecular formula is C22H28N4O4S3. The Kier molecular flexibility index (Phi) is 8.37. The number of ether oxygens (including phenoxy) is 1. The van der Waals surface area contributed by atoms with Crippen LogP contribution < -0.4 is 10.6 Å². The number of thiophene rings is 1. The molecule has 0 aromatic carbocycles. The number of nitrogens with one attached hydrogen (secondary N) is 2. The van der Waals surface area contributed by atoms with Crippen molar-refractivity contribution in [3.05, 3.63) is 16.0 Å². The van der Waals surface area contributed by atoms with Crippen LogP contribution >= 0.6 is 34.4 Å². The van der Waals surface area contributed by atoms with Crippen LogP contribution in [-0.2, 0) is 27.2 Å². The minimum atomic E-state index is -0.373. The molecule has 4 rings (SSSR count). The van der Waals surface area contributed by atoms with E-state index in [0.29, 0.717) is 26.6 Å². The molecule has 1 fully saturated rings. The smallest absolute Gasteiger partial charge is 0.341 e. The molecule has 0 atom stereocenters. The first-order chi connectivity index (χ1) is 16.0. The summed E-state index contributed by atoms with van der Waals surface area (Å²) < 4.78 is 5.85. The van der Waals surface area contributed by atoms with Crippen molar-refractivity contribution in [3.8, 4) is 0 Å². The van der Waals surface area contributed by atoms with E-state index in [9.17, 15) is 14.4 Å². The van der Waals surface area contributed by atoms with Crippen LogP contribution in [0.4, 0.5) is 10.1 Å². The van der Waals surface area contributed by atoms with Gasteiger partial charge in [-0.15, -0.1) is 21.5 Å². The predicted molar refractivity (Wildman–Crippen MR) is 131 cm³/mol. The van der Waals surface area contributed by atoms with Crippen LogP contribution in [0.5, 0.6) is 0 Å². The summed E-state index contributed by atoms with van der Waals surface area (Å²) in [5.74, 6) is -0.395. The molecule has 0 unspecified atom stereocenters. The Morgan fingerprint density at radius 1 is 1.03 bits per heavy atom. The van der Waals surface area contributed by atoms with Gasteiger partial charge in [-0.3, -0.25) is 9.59 Å². The van der Waals surface area contributed by atoms with Crippen LogP contribution in [0.2, 0.25) is 0 Å². The van der Waals surface area contributed by atoms with Gasteiger partial charge >= 0.3 is 5.97 Å². The van der Waals surface area contributed by atoms with E-state index in [-0.39, 0.29) is 29.5 Å². The van der Waals surface area contributed by atoms with E-state index in [2.05, 4.69) is 20.8 Å². The average molecular weight is 509 g/mol. The largest absolute Gasteiger partial charge is 0.462 e. The second kappa shape index (κ2) is 11.4. The summed E-state index contributed by atoms with van der Waals surface area (Å²) in [4.78, 5) is 38.7. The molecule has 2 aromatic heterocycles. The Hall–Kier alpha value is -1.98. The fourth-order valence-corrected chi connectivity index (χ4v) is 7.10. The van der Waals surface area contributed by atoms with Gasteiger partial charge < -0.3 is 15.4 Å². The third-order valence-corrected chi connectivity index (χ3v) is 9.02. The van der Waals surface area contributed by atoms with Gasteiger partial charge in [-0.2, -0.15) is 0 Å². The lowest BCUT2D eigenvalue weighted by Gasteiger charge is -2.19. The number of hydrogen-bond acceptors (Lipinski definition) is 9. The lowest BCUT2D eigenvalue weighted by molar-refractivity contribution is -0.120. The third-order valence-electron chi connectivity index (χ3n) is 5.84. The van der Waals surface area contributed by atoms with Crippen molar-refractivity contribution in [3.63, 3.8) is 0 Å². The van der Waals surface area contributed by atoms with Crippen molar-refractivity contribution in [1.82, 2.24) is 10.2 Å². The highest BCUT2D eigenvalue weighted by molar-refractivity contribution is 8.01. The molecule has 2 N–H and O–H groups in total. The van der Waals surface area contributed by atoms with E-state index < -0.39 is 0 Å². The highest BCUT2D eigenvalue weighted by atomic mass is 32.2. The Morgan fingerprint density at radius 3 is 2.61 bits per heavy atom. The van der Waals surface area contributed by atoms with Gasteiger partial charge in [0.1, 0.15) is 5.00 Å². The van der Waals surface area contributed by atoms with Crippen molar-refractivity contribution in [2.75, 3.05) is 23.0 Å². The predicted octanol–water partition coefficient (Wildman–Crippen LogP) is 4.90. The van der Waals surface area contributed by atoms with Gasteiger partial charge in [0.05, 0.1) is 17.9 Å². The first-order valence-electron chi connectivity index (χ1n) is 11.4. The highest BCUT2D eigenvalue weighted by Gasteiger charge is 2.27. The molecule has 2 aliphatic carbocycles. The number of thioether (sulfide) groups is 1. The highest BCUT2D eigenvalue weighted by Crippen LogP contribution is 2.39. The summed E-state index contributed by atoms with van der Waals surface area (Å²) in [5, 5.41) is 14.9. The lowest BCUT2D eigenvalue weighted by Crippen LogP contribution is -2.24. The molecule has 178 valence electrons. The summed E-state index contributed by atoms with van der Waals surface area (Å²) in [6.07, 6.45) is 9.12. The van der Waals surface area contributed by atoms with Crippen molar-refractivity contribution in [2.24, 2.45) is 5.92 Å². The number of anilines is 2. The normalized spacial score (nSPS) is 16.2. The molecule has 2 aromatic rings. The van der Waals surface area contributed by atoms with Crippen LogP contribution in [0.1, 0.15) is 72.7 Å². The zero-order chi connectivity index (χ0) is 23.2. The summed E-state index contributed by atoms with van der Waals surface area (Å²) in [5.41, 5.74) is 1.54. The van der Waals surface area contributed by atoms with E-state index in [1.807, 2.05) is 0 Å². The Morgan fingerprint density at radius 2 is 1.82 bits per heavy atom. The number of rotatable bonds is 8. The van der Waals surface area contributed by atoms with E-state index in [1.54, 1.807) is 6.92 Å². The van der Waals surface area contributed by atoms with Crippen LogP contribution in [0, 0.1) is 5.92 Å². The monoisotopic (exact) mass is 508 g/mol. The lowest BCUT2D eigenvalue weighted by atomic mass is 9.89. The topological polar surface area (TPSA) is 110 Å². The third kappa shape index (κ3) is 6.13. The Balaban J connectivity index is 1.33. The van der Waals surface area contributed by atoms with E-state index >= 15 is 0 Å². The molecule has 2 heterocycles. The zero-order valence-electron chi connectivity index (χ0n) is 18.6. The molecule has 11 heteroatoms. The van der Waals surface area contributed by atoms with E-state index in [1.165, 1.54) is 40.9 Å². The second-order valence-corrected chi connectivity index (χ2v) is 11.5. The van der Waals surface area contributed by atoms with Crippen LogP contribution in [0.3, 0.4) is 0 Å². The number of aromatic nitrogens is 2. The molecule has 2 amide bonds. The van der Waals surface area contributed by atoms with Gasteiger partial charge in [0.25, 0.3) is 0 Å². The summed E-state index contributed by atoms with van der Waals surface area (Å²) in [6.45, 7) is 2.07. The maximum Gasteiger partial charge on any atom is 0.341 e. The summed E-state index contributed by atoms with van der Waals surface area (Å²) in [7, 11) is 0. The molecule has 0 radical (unpaired) electrons. The Labute approximate surface area is 205 Å². The van der Waals surface area contributed by atoms with Crippen LogP contribution in [0.15, 0.2) is 4.34 Å². The number of nitrogens with zero attached hydrogens (tertiary/aromatic N) is 2. The van der Waals surface area contributed by atoms with Gasteiger partial charge in [0.15, 0.2) is 4.34 Å². The van der Waals surface area contributed by atoms with Crippen molar-refractivity contribution >= 4 is 62.4 Å². The SMILES string of the molecule is CCOC(=O)c1c(NC(=O)CSc2nnc(NC(=O)C3CCCCC3)s2)sc2c1CCCC2. The second-order valence-electron chi connectivity index (χ2n) is 8.17. The number of aryl methyl sites for hydroxylation is 1. The summed E-state index contributed by atoms with van der Waals surface area (Å²) in [6, 6.07) is 0. The molecule has 0 aliphatic heterocycles. The molecule has 0 saturated heterocycles. The minimum absolute atomic E-state index is 0.00769. The maximum absolute atomic E-state index is 12.6. The quantitative estimate of drug-likeness (QED) is 0.296. The van der Waals surface area contributed by atoms with Crippen molar-refractivity contribution in [1.29, 1.82) is 0 Å². The number of hydrogen-bond donors (Lipinski definition) is 2. The minimum Gasteiger partial charge on any atom is -0.462 e. The first kappa shape index (κ1) is 24.2.